The first-order chi connectivity index (χ1) is 10.1. The number of ketones is 1. The number of carbonyl (C=O) groups excluding carboxylic acids is 2. The third-order valence-corrected chi connectivity index (χ3v) is 4.44. The van der Waals surface area contributed by atoms with Crippen molar-refractivity contribution < 1.29 is 28.9 Å². The lowest BCUT2D eigenvalue weighted by atomic mass is 9.65. The SMILES string of the molecule is COc1cc2c(cc1OC)C(=O)[C@]1(CO)COC(=O)[C@@H]1C2. The Balaban J connectivity index is 2.16. The first-order valence-electron chi connectivity index (χ1n) is 6.64. The van der Waals surface area contributed by atoms with Crippen LogP contribution in [0.5, 0.6) is 11.5 Å². The molecule has 1 aliphatic carbocycles. The highest BCUT2D eigenvalue weighted by molar-refractivity contribution is 6.07. The van der Waals surface area contributed by atoms with E-state index in [9.17, 15) is 14.7 Å². The van der Waals surface area contributed by atoms with Gasteiger partial charge in [-0.2, -0.15) is 0 Å². The summed E-state index contributed by atoms with van der Waals surface area (Å²) >= 11 is 0. The van der Waals surface area contributed by atoms with Crippen molar-refractivity contribution in [2.24, 2.45) is 11.3 Å². The molecular formula is C15H16O6. The monoisotopic (exact) mass is 292 g/mol. The Kier molecular flexibility index (Phi) is 3.13. The summed E-state index contributed by atoms with van der Waals surface area (Å²) in [5, 5.41) is 9.68. The second-order valence-electron chi connectivity index (χ2n) is 5.37. The lowest BCUT2D eigenvalue weighted by Crippen LogP contribution is -2.46. The van der Waals surface area contributed by atoms with Crippen molar-refractivity contribution in [1.29, 1.82) is 0 Å². The topological polar surface area (TPSA) is 82.1 Å². The Morgan fingerprint density at radius 1 is 1.29 bits per heavy atom. The zero-order valence-electron chi connectivity index (χ0n) is 11.8. The molecule has 1 N–H and O–H groups in total. The number of methoxy groups -OCH3 is 2. The fourth-order valence-electron chi connectivity index (χ4n) is 3.15. The second kappa shape index (κ2) is 4.73. The van der Waals surface area contributed by atoms with Crippen molar-refractivity contribution in [3.05, 3.63) is 23.3 Å². The molecule has 0 radical (unpaired) electrons. The fraction of sp³-hybridized carbons (Fsp3) is 0.467. The first kappa shape index (κ1) is 13.9. The van der Waals surface area contributed by atoms with Crippen LogP contribution in [0.1, 0.15) is 15.9 Å². The van der Waals surface area contributed by atoms with E-state index in [-0.39, 0.29) is 12.4 Å². The van der Waals surface area contributed by atoms with Crippen molar-refractivity contribution >= 4 is 11.8 Å². The Morgan fingerprint density at radius 3 is 2.57 bits per heavy atom. The lowest BCUT2D eigenvalue weighted by Gasteiger charge is -2.34. The summed E-state index contributed by atoms with van der Waals surface area (Å²) in [5.41, 5.74) is 0.00534. The standard InChI is InChI=1S/C15H16O6/c1-19-11-4-8-3-10-14(18)21-7-15(10,6-16)13(17)9(8)5-12(11)20-2/h4-5,10,16H,3,6-7H2,1-2H3/t10-,15+/m0/s1. The second-order valence-corrected chi connectivity index (χ2v) is 5.37. The van der Waals surface area contributed by atoms with Crippen molar-refractivity contribution in [2.75, 3.05) is 27.4 Å². The molecule has 0 spiro atoms. The molecule has 1 aromatic rings. The van der Waals surface area contributed by atoms with Gasteiger partial charge in [0.1, 0.15) is 12.0 Å². The zero-order chi connectivity index (χ0) is 15.2. The molecule has 2 atom stereocenters. The summed E-state index contributed by atoms with van der Waals surface area (Å²) in [6.45, 7) is -0.477. The van der Waals surface area contributed by atoms with Crippen LogP contribution in [0, 0.1) is 11.3 Å². The van der Waals surface area contributed by atoms with E-state index in [4.69, 9.17) is 14.2 Å². The highest BCUT2D eigenvalue weighted by Crippen LogP contribution is 2.46. The van der Waals surface area contributed by atoms with Crippen LogP contribution < -0.4 is 9.47 Å². The van der Waals surface area contributed by atoms with E-state index in [2.05, 4.69) is 0 Å². The Bertz CT molecular complexity index is 623. The number of esters is 1. The van der Waals surface area contributed by atoms with Gasteiger partial charge in [0.15, 0.2) is 17.3 Å². The third kappa shape index (κ3) is 1.75. The van der Waals surface area contributed by atoms with E-state index < -0.39 is 23.9 Å². The van der Waals surface area contributed by atoms with Gasteiger partial charge in [0.2, 0.25) is 0 Å². The van der Waals surface area contributed by atoms with E-state index in [0.29, 0.717) is 29.0 Å². The quantitative estimate of drug-likeness (QED) is 0.821. The highest BCUT2D eigenvalue weighted by atomic mass is 16.5. The van der Waals surface area contributed by atoms with E-state index in [1.54, 1.807) is 12.1 Å². The average molecular weight is 292 g/mol. The van der Waals surface area contributed by atoms with Crippen LogP contribution in [0.4, 0.5) is 0 Å². The van der Waals surface area contributed by atoms with Crippen LogP contribution in [-0.2, 0) is 16.0 Å². The minimum atomic E-state index is -1.16. The molecule has 2 aliphatic rings. The number of aliphatic hydroxyl groups excluding tert-OH is 1. The van der Waals surface area contributed by atoms with Gasteiger partial charge < -0.3 is 19.3 Å². The summed E-state index contributed by atoms with van der Waals surface area (Å²) in [5.74, 6) is -0.394. The number of aliphatic hydroxyl groups is 1. The number of cyclic esters (lactones) is 1. The van der Waals surface area contributed by atoms with Gasteiger partial charge in [-0.3, -0.25) is 9.59 Å². The van der Waals surface area contributed by atoms with E-state index in [0.717, 1.165) is 0 Å². The molecule has 0 amide bonds. The molecule has 0 bridgehead atoms. The summed E-state index contributed by atoms with van der Waals surface area (Å²) < 4.78 is 15.5. The maximum atomic E-state index is 12.8. The number of fused-ring (bicyclic) bond motifs is 2. The molecule has 6 nitrogen and oxygen atoms in total. The smallest absolute Gasteiger partial charge is 0.310 e. The molecule has 0 aromatic heterocycles. The molecule has 3 rings (SSSR count). The number of hydrogen-bond donors (Lipinski definition) is 1. The van der Waals surface area contributed by atoms with Gasteiger partial charge >= 0.3 is 5.97 Å². The van der Waals surface area contributed by atoms with Crippen LogP contribution in [0.15, 0.2) is 12.1 Å². The zero-order valence-corrected chi connectivity index (χ0v) is 11.8. The minimum Gasteiger partial charge on any atom is -0.493 e. The molecule has 1 aliphatic heterocycles. The van der Waals surface area contributed by atoms with Crippen molar-refractivity contribution in [1.82, 2.24) is 0 Å². The number of rotatable bonds is 3. The highest BCUT2D eigenvalue weighted by Gasteiger charge is 2.58. The predicted molar refractivity (Wildman–Crippen MR) is 71.5 cm³/mol. The maximum absolute atomic E-state index is 12.8. The molecule has 1 aromatic carbocycles. The van der Waals surface area contributed by atoms with Gasteiger partial charge in [-0.05, 0) is 24.1 Å². The van der Waals surface area contributed by atoms with Crippen molar-refractivity contribution in [3.8, 4) is 11.5 Å². The van der Waals surface area contributed by atoms with Crippen LogP contribution in [0.3, 0.4) is 0 Å². The Morgan fingerprint density at radius 2 is 1.95 bits per heavy atom. The number of carbonyl (C=O) groups is 2. The van der Waals surface area contributed by atoms with E-state index in [1.807, 2.05) is 0 Å². The number of Topliss-reactive ketones (excluding diaryl/α,β-unsaturated/α-hetero) is 1. The summed E-state index contributed by atoms with van der Waals surface area (Å²) in [4.78, 5) is 24.6. The van der Waals surface area contributed by atoms with Gasteiger partial charge in [0.05, 0.1) is 26.7 Å². The molecule has 21 heavy (non-hydrogen) atoms. The Hall–Kier alpha value is -2.08. The molecule has 1 saturated heterocycles. The molecule has 0 unspecified atom stereocenters. The lowest BCUT2D eigenvalue weighted by molar-refractivity contribution is -0.141. The molecular weight excluding hydrogens is 276 g/mol. The van der Waals surface area contributed by atoms with E-state index in [1.165, 1.54) is 14.2 Å². The largest absolute Gasteiger partial charge is 0.493 e. The number of hydrogen-bond acceptors (Lipinski definition) is 6. The van der Waals surface area contributed by atoms with Crippen LogP contribution >= 0.6 is 0 Å². The van der Waals surface area contributed by atoms with Gasteiger partial charge in [0, 0.05) is 5.56 Å². The van der Waals surface area contributed by atoms with Gasteiger partial charge in [0.25, 0.3) is 0 Å². The number of ether oxygens (including phenoxy) is 3. The summed E-state index contributed by atoms with van der Waals surface area (Å²) in [6, 6.07) is 3.31. The number of benzene rings is 1. The molecule has 0 saturated carbocycles. The summed E-state index contributed by atoms with van der Waals surface area (Å²) in [6.07, 6.45) is 0.348. The predicted octanol–water partition coefficient (Wildman–Crippen LogP) is 0.594. The third-order valence-electron chi connectivity index (χ3n) is 4.44. The Labute approximate surface area is 121 Å². The van der Waals surface area contributed by atoms with Crippen LogP contribution in [0.2, 0.25) is 0 Å². The fourth-order valence-corrected chi connectivity index (χ4v) is 3.15. The van der Waals surface area contributed by atoms with Crippen LogP contribution in [-0.4, -0.2) is 44.3 Å². The molecule has 1 heterocycles. The van der Waals surface area contributed by atoms with E-state index >= 15 is 0 Å². The maximum Gasteiger partial charge on any atom is 0.310 e. The van der Waals surface area contributed by atoms with Gasteiger partial charge in [-0.1, -0.05) is 0 Å². The first-order valence-corrected chi connectivity index (χ1v) is 6.64. The minimum absolute atomic E-state index is 0.0698. The van der Waals surface area contributed by atoms with Crippen LogP contribution in [0.25, 0.3) is 0 Å². The normalized spacial score (nSPS) is 26.9. The average Bonchev–Trinajstić information content (AvgIpc) is 2.84. The summed E-state index contributed by atoms with van der Waals surface area (Å²) in [7, 11) is 3.00. The van der Waals surface area contributed by atoms with Crippen molar-refractivity contribution in [3.63, 3.8) is 0 Å². The van der Waals surface area contributed by atoms with Gasteiger partial charge in [-0.25, -0.2) is 0 Å². The molecule has 1 fully saturated rings. The van der Waals surface area contributed by atoms with Crippen molar-refractivity contribution in [2.45, 2.75) is 6.42 Å². The molecule has 6 heteroatoms. The van der Waals surface area contributed by atoms with Gasteiger partial charge in [-0.15, -0.1) is 0 Å². The molecule has 112 valence electrons.